The molecule has 0 spiro atoms. The van der Waals surface area contributed by atoms with Gasteiger partial charge in [0.25, 0.3) is 0 Å². The number of nitrogens with one attached hydrogen (secondary N) is 2. The maximum Gasteiger partial charge on any atom is 0.329 e. The first-order valence-corrected chi connectivity index (χ1v) is 6.01. The highest BCUT2D eigenvalue weighted by molar-refractivity contribution is 5.86. The third kappa shape index (κ3) is 3.76. The lowest BCUT2D eigenvalue weighted by Gasteiger charge is -2.29. The molecule has 0 radical (unpaired) electrons. The van der Waals surface area contributed by atoms with Gasteiger partial charge in [0.15, 0.2) is 0 Å². The second kappa shape index (κ2) is 6.27. The lowest BCUT2D eigenvalue weighted by atomic mass is 9.90. The summed E-state index contributed by atoms with van der Waals surface area (Å²) < 4.78 is 0. The van der Waals surface area contributed by atoms with Gasteiger partial charge >= 0.3 is 12.0 Å². The van der Waals surface area contributed by atoms with Gasteiger partial charge in [-0.3, -0.25) is 0 Å². The fraction of sp³-hybridized carbons (Fsp3) is 0.667. The molecule has 0 aliphatic heterocycles. The maximum absolute atomic E-state index is 11.6. The molecule has 5 heteroatoms. The molecule has 5 nitrogen and oxygen atoms in total. The van der Waals surface area contributed by atoms with E-state index in [0.29, 0.717) is 19.4 Å². The van der Waals surface area contributed by atoms with Crippen LogP contribution in [-0.2, 0) is 4.79 Å². The number of carboxylic acid groups (broad SMARTS) is 1. The lowest BCUT2D eigenvalue weighted by molar-refractivity contribution is -0.145. The SMILES string of the molecule is C=CCNC(=O)NC1(C(=O)O)CCCCCC1. The summed E-state index contributed by atoms with van der Waals surface area (Å²) in [6, 6.07) is -0.436. The van der Waals surface area contributed by atoms with Crippen molar-refractivity contribution in [1.82, 2.24) is 10.6 Å². The molecule has 0 unspecified atom stereocenters. The minimum atomic E-state index is -1.10. The first-order chi connectivity index (χ1) is 8.10. The Bertz CT molecular complexity index is 294. The second-order valence-corrected chi connectivity index (χ2v) is 4.43. The Kier molecular flexibility index (Phi) is 5.00. The molecule has 1 saturated carbocycles. The van der Waals surface area contributed by atoms with Gasteiger partial charge in [-0.2, -0.15) is 0 Å². The van der Waals surface area contributed by atoms with Gasteiger partial charge in [-0.1, -0.05) is 31.8 Å². The molecule has 0 aromatic heterocycles. The molecule has 2 amide bonds. The van der Waals surface area contributed by atoms with Crippen LogP contribution in [0.25, 0.3) is 0 Å². The molecule has 1 rings (SSSR count). The van der Waals surface area contributed by atoms with Crippen LogP contribution in [0.5, 0.6) is 0 Å². The van der Waals surface area contributed by atoms with E-state index >= 15 is 0 Å². The smallest absolute Gasteiger partial charge is 0.329 e. The number of hydrogen-bond donors (Lipinski definition) is 3. The van der Waals surface area contributed by atoms with Crippen molar-refractivity contribution in [2.75, 3.05) is 6.54 Å². The van der Waals surface area contributed by atoms with Crippen LogP contribution in [0.4, 0.5) is 4.79 Å². The topological polar surface area (TPSA) is 78.4 Å². The van der Waals surface area contributed by atoms with Gasteiger partial charge in [0.05, 0.1) is 0 Å². The van der Waals surface area contributed by atoms with Crippen LogP contribution in [0.1, 0.15) is 38.5 Å². The number of rotatable bonds is 4. The molecular weight excluding hydrogens is 220 g/mol. The zero-order valence-corrected chi connectivity index (χ0v) is 10.00. The molecule has 0 aromatic carbocycles. The number of urea groups is 1. The van der Waals surface area contributed by atoms with Crippen LogP contribution >= 0.6 is 0 Å². The summed E-state index contributed by atoms with van der Waals surface area (Å²) in [5, 5.41) is 14.5. The van der Waals surface area contributed by atoms with E-state index in [-0.39, 0.29) is 0 Å². The van der Waals surface area contributed by atoms with Crippen LogP contribution in [0.15, 0.2) is 12.7 Å². The summed E-state index contributed by atoms with van der Waals surface area (Å²) in [5.41, 5.74) is -1.10. The van der Waals surface area contributed by atoms with Crippen LogP contribution in [0.2, 0.25) is 0 Å². The van der Waals surface area contributed by atoms with Gasteiger partial charge < -0.3 is 15.7 Å². The molecule has 0 bridgehead atoms. The van der Waals surface area contributed by atoms with E-state index in [1.54, 1.807) is 6.08 Å². The van der Waals surface area contributed by atoms with Crippen molar-refractivity contribution in [3.63, 3.8) is 0 Å². The molecule has 0 saturated heterocycles. The third-order valence-corrected chi connectivity index (χ3v) is 3.13. The fourth-order valence-corrected chi connectivity index (χ4v) is 2.15. The van der Waals surface area contributed by atoms with Gasteiger partial charge in [0.1, 0.15) is 5.54 Å². The van der Waals surface area contributed by atoms with Gasteiger partial charge in [-0.15, -0.1) is 6.58 Å². The molecule has 3 N–H and O–H groups in total. The highest BCUT2D eigenvalue weighted by Crippen LogP contribution is 2.27. The second-order valence-electron chi connectivity index (χ2n) is 4.43. The van der Waals surface area contributed by atoms with Crippen molar-refractivity contribution in [3.05, 3.63) is 12.7 Å². The number of hydrogen-bond acceptors (Lipinski definition) is 2. The van der Waals surface area contributed by atoms with Crippen molar-refractivity contribution in [3.8, 4) is 0 Å². The summed E-state index contributed by atoms with van der Waals surface area (Å²) in [5.74, 6) is -0.937. The van der Waals surface area contributed by atoms with E-state index < -0.39 is 17.5 Å². The summed E-state index contributed by atoms with van der Waals surface area (Å²) in [4.78, 5) is 22.9. The summed E-state index contributed by atoms with van der Waals surface area (Å²) in [6.07, 6.45) is 6.31. The Hall–Kier alpha value is -1.52. The average Bonchev–Trinajstić information content (AvgIpc) is 2.53. The Morgan fingerprint density at radius 1 is 1.24 bits per heavy atom. The quantitative estimate of drug-likeness (QED) is 0.516. The molecule has 1 aliphatic carbocycles. The molecule has 0 atom stereocenters. The lowest BCUT2D eigenvalue weighted by Crippen LogP contribution is -2.56. The summed E-state index contributed by atoms with van der Waals surface area (Å²) in [6.45, 7) is 3.82. The molecule has 1 fully saturated rings. The van der Waals surface area contributed by atoms with Gasteiger partial charge in [-0.05, 0) is 12.8 Å². The Balaban J connectivity index is 2.66. The molecule has 0 aromatic rings. The molecule has 1 aliphatic rings. The highest BCUT2D eigenvalue weighted by Gasteiger charge is 2.39. The zero-order valence-electron chi connectivity index (χ0n) is 10.00. The molecule has 96 valence electrons. The van der Waals surface area contributed by atoms with E-state index in [1.165, 1.54) is 0 Å². The first-order valence-electron chi connectivity index (χ1n) is 6.01. The van der Waals surface area contributed by atoms with E-state index in [2.05, 4.69) is 17.2 Å². The minimum Gasteiger partial charge on any atom is -0.480 e. The van der Waals surface area contributed by atoms with E-state index in [1.807, 2.05) is 0 Å². The average molecular weight is 240 g/mol. The zero-order chi connectivity index (χ0) is 12.7. The minimum absolute atomic E-state index is 0.335. The Labute approximate surface area is 101 Å². The van der Waals surface area contributed by atoms with E-state index in [4.69, 9.17) is 0 Å². The standard InChI is InChI=1S/C12H20N2O3/c1-2-9-13-11(17)14-12(10(15)16)7-5-3-4-6-8-12/h2H,1,3-9H2,(H,15,16)(H2,13,14,17). The van der Waals surface area contributed by atoms with E-state index in [9.17, 15) is 14.7 Å². The largest absolute Gasteiger partial charge is 0.480 e. The van der Waals surface area contributed by atoms with Crippen LogP contribution in [-0.4, -0.2) is 29.2 Å². The Morgan fingerprint density at radius 2 is 1.82 bits per heavy atom. The van der Waals surface area contributed by atoms with Crippen molar-refractivity contribution in [1.29, 1.82) is 0 Å². The van der Waals surface area contributed by atoms with Crippen molar-refractivity contribution in [2.45, 2.75) is 44.1 Å². The highest BCUT2D eigenvalue weighted by atomic mass is 16.4. The summed E-state index contributed by atoms with van der Waals surface area (Å²) >= 11 is 0. The predicted molar refractivity (Wildman–Crippen MR) is 64.8 cm³/mol. The maximum atomic E-state index is 11.6. The van der Waals surface area contributed by atoms with Gasteiger partial charge in [0.2, 0.25) is 0 Å². The van der Waals surface area contributed by atoms with Crippen LogP contribution in [0, 0.1) is 0 Å². The number of carbonyl (C=O) groups is 2. The van der Waals surface area contributed by atoms with Crippen molar-refractivity contribution in [2.24, 2.45) is 0 Å². The monoisotopic (exact) mass is 240 g/mol. The molecule has 0 heterocycles. The van der Waals surface area contributed by atoms with E-state index in [0.717, 1.165) is 25.7 Å². The van der Waals surface area contributed by atoms with Crippen molar-refractivity contribution >= 4 is 12.0 Å². The van der Waals surface area contributed by atoms with Crippen molar-refractivity contribution < 1.29 is 14.7 Å². The number of aliphatic carboxylic acids is 1. The molecular formula is C12H20N2O3. The predicted octanol–water partition coefficient (Wildman–Crippen LogP) is 1.65. The normalized spacial score (nSPS) is 18.8. The third-order valence-electron chi connectivity index (χ3n) is 3.13. The number of carbonyl (C=O) groups excluding carboxylic acids is 1. The Morgan fingerprint density at radius 3 is 2.29 bits per heavy atom. The fourth-order valence-electron chi connectivity index (χ4n) is 2.15. The number of carboxylic acids is 1. The van der Waals surface area contributed by atoms with Crippen LogP contribution < -0.4 is 10.6 Å². The first kappa shape index (κ1) is 13.5. The van der Waals surface area contributed by atoms with Crippen LogP contribution in [0.3, 0.4) is 0 Å². The van der Waals surface area contributed by atoms with Gasteiger partial charge in [-0.25, -0.2) is 9.59 Å². The number of amides is 2. The summed E-state index contributed by atoms with van der Waals surface area (Å²) in [7, 11) is 0. The van der Waals surface area contributed by atoms with Gasteiger partial charge in [0, 0.05) is 6.54 Å². The molecule has 17 heavy (non-hydrogen) atoms.